The number of aromatic nitrogens is 1. The second kappa shape index (κ2) is 9.13. The lowest BCUT2D eigenvalue weighted by Crippen LogP contribution is -2.25. The number of carbonyl (C=O) groups is 1. The molecule has 2 heterocycles. The first-order chi connectivity index (χ1) is 16.3. The van der Waals surface area contributed by atoms with Gasteiger partial charge in [-0.15, -0.1) is 0 Å². The molecule has 1 saturated heterocycles. The zero-order chi connectivity index (χ0) is 23.9. The maximum absolute atomic E-state index is 13.5. The number of nitrogens with one attached hydrogen (secondary N) is 1. The van der Waals surface area contributed by atoms with Crippen molar-refractivity contribution >= 4 is 70.1 Å². The summed E-state index contributed by atoms with van der Waals surface area (Å²) < 4.78 is 27.6. The number of sulfonamides is 1. The molecule has 1 aliphatic rings. The van der Waals surface area contributed by atoms with Crippen molar-refractivity contribution < 1.29 is 13.2 Å². The molecule has 3 aromatic carbocycles. The smallest absolute Gasteiger partial charge is 0.256 e. The Morgan fingerprint density at radius 3 is 2.50 bits per heavy atom. The zero-order valence-electron chi connectivity index (χ0n) is 17.8. The maximum atomic E-state index is 13.5. The minimum atomic E-state index is -3.31. The number of pyridine rings is 1. The van der Waals surface area contributed by atoms with Gasteiger partial charge in [0.15, 0.2) is 0 Å². The van der Waals surface area contributed by atoms with E-state index in [2.05, 4.69) is 37.2 Å². The molecule has 1 amide bonds. The summed E-state index contributed by atoms with van der Waals surface area (Å²) >= 11 is 7.08. The van der Waals surface area contributed by atoms with Crippen molar-refractivity contribution in [1.82, 2.24) is 4.98 Å². The summed E-state index contributed by atoms with van der Waals surface area (Å²) in [6, 6.07) is 22.1. The van der Waals surface area contributed by atoms with E-state index in [4.69, 9.17) is 4.98 Å². The Labute approximate surface area is 214 Å². The van der Waals surface area contributed by atoms with Crippen LogP contribution in [0.25, 0.3) is 22.2 Å². The Kier molecular flexibility index (Phi) is 6.18. The van der Waals surface area contributed by atoms with Gasteiger partial charge in [-0.3, -0.25) is 9.10 Å². The zero-order valence-corrected chi connectivity index (χ0v) is 21.8. The van der Waals surface area contributed by atoms with Gasteiger partial charge in [-0.25, -0.2) is 13.4 Å². The Hall–Kier alpha value is -2.75. The summed E-state index contributed by atoms with van der Waals surface area (Å²) in [5.74, 6) is -0.172. The molecule has 172 valence electrons. The molecule has 4 aromatic rings. The summed E-state index contributed by atoms with van der Waals surface area (Å²) in [4.78, 5) is 18.3. The van der Waals surface area contributed by atoms with E-state index in [-0.39, 0.29) is 11.7 Å². The van der Waals surface area contributed by atoms with Gasteiger partial charge < -0.3 is 5.32 Å². The number of hydrogen-bond acceptors (Lipinski definition) is 4. The first-order valence-corrected chi connectivity index (χ1v) is 13.8. The molecule has 9 heteroatoms. The summed E-state index contributed by atoms with van der Waals surface area (Å²) in [7, 11) is -3.31. The number of fused-ring (bicyclic) bond motifs is 1. The number of halogens is 2. The molecule has 0 radical (unpaired) electrons. The number of rotatable bonds is 4. The van der Waals surface area contributed by atoms with Crippen molar-refractivity contribution in [3.8, 4) is 11.3 Å². The van der Waals surface area contributed by atoms with E-state index in [0.717, 1.165) is 14.5 Å². The highest BCUT2D eigenvalue weighted by Crippen LogP contribution is 2.33. The number of anilines is 2. The first kappa shape index (κ1) is 23.0. The van der Waals surface area contributed by atoms with Crippen molar-refractivity contribution in [1.29, 1.82) is 0 Å². The molecule has 0 aliphatic carbocycles. The average Bonchev–Trinajstić information content (AvgIpc) is 3.18. The summed E-state index contributed by atoms with van der Waals surface area (Å²) in [6.45, 7) is 0.442. The SMILES string of the molecule is O=C(Nc1cccc(N2CCCS2(=O)=O)c1)c1cc(-c2ccccc2)nc2c(Br)cc(Br)cc12. The van der Waals surface area contributed by atoms with Crippen LogP contribution >= 0.6 is 31.9 Å². The third-order valence-corrected chi connectivity index (χ3v) is 8.57. The number of nitrogens with zero attached hydrogens (tertiary/aromatic N) is 2. The molecular formula is C25H19Br2N3O3S. The normalized spacial score (nSPS) is 14.9. The highest BCUT2D eigenvalue weighted by molar-refractivity contribution is 9.11. The molecule has 0 saturated carbocycles. The predicted octanol–water partition coefficient (Wildman–Crippen LogP) is 6.22. The van der Waals surface area contributed by atoms with Crippen molar-refractivity contribution in [2.24, 2.45) is 0 Å². The van der Waals surface area contributed by atoms with Crippen LogP contribution in [0, 0.1) is 0 Å². The number of hydrogen-bond donors (Lipinski definition) is 1. The Bertz CT molecular complexity index is 1530. The predicted molar refractivity (Wildman–Crippen MR) is 143 cm³/mol. The van der Waals surface area contributed by atoms with Gasteiger partial charge in [-0.05, 0) is 58.7 Å². The van der Waals surface area contributed by atoms with Gasteiger partial charge in [-0.1, -0.05) is 52.3 Å². The van der Waals surface area contributed by atoms with Crippen LogP contribution in [-0.4, -0.2) is 31.6 Å². The lowest BCUT2D eigenvalue weighted by molar-refractivity contribution is 0.102. The van der Waals surface area contributed by atoms with Crippen LogP contribution in [0.15, 0.2) is 81.7 Å². The van der Waals surface area contributed by atoms with Crippen LogP contribution in [-0.2, 0) is 10.0 Å². The van der Waals surface area contributed by atoms with Gasteiger partial charge in [0.05, 0.1) is 28.2 Å². The van der Waals surface area contributed by atoms with Crippen LogP contribution in [0.1, 0.15) is 16.8 Å². The van der Waals surface area contributed by atoms with Crippen molar-refractivity contribution in [2.75, 3.05) is 21.9 Å². The molecule has 0 unspecified atom stereocenters. The van der Waals surface area contributed by atoms with Crippen LogP contribution in [0.2, 0.25) is 0 Å². The second-order valence-electron chi connectivity index (χ2n) is 7.95. The van der Waals surface area contributed by atoms with E-state index in [1.54, 1.807) is 30.3 Å². The van der Waals surface area contributed by atoms with Crippen molar-refractivity contribution in [3.63, 3.8) is 0 Å². The van der Waals surface area contributed by atoms with Crippen LogP contribution in [0.3, 0.4) is 0 Å². The highest BCUT2D eigenvalue weighted by Gasteiger charge is 2.28. The van der Waals surface area contributed by atoms with Gasteiger partial charge in [0.25, 0.3) is 5.91 Å². The van der Waals surface area contributed by atoms with Crippen molar-refractivity contribution in [2.45, 2.75) is 6.42 Å². The number of carbonyl (C=O) groups excluding carboxylic acids is 1. The molecule has 1 aliphatic heterocycles. The largest absolute Gasteiger partial charge is 0.322 e. The fraction of sp³-hybridized carbons (Fsp3) is 0.120. The minimum Gasteiger partial charge on any atom is -0.322 e. The van der Waals surface area contributed by atoms with Gasteiger partial charge in [-0.2, -0.15) is 0 Å². The molecule has 34 heavy (non-hydrogen) atoms. The standard InChI is InChI=1S/C25H19Br2N3O3S/c26-17-12-20-21(15-23(16-6-2-1-3-7-16)29-24(20)22(27)13-17)25(31)28-18-8-4-9-19(14-18)30-10-5-11-34(30,32)33/h1-4,6-9,12-15H,5,10-11H2,(H,28,31). The quantitative estimate of drug-likeness (QED) is 0.302. The number of amides is 1. The van der Waals surface area contributed by atoms with Gasteiger partial charge in [0.1, 0.15) is 0 Å². The molecule has 1 aromatic heterocycles. The van der Waals surface area contributed by atoms with Crippen LogP contribution in [0.4, 0.5) is 11.4 Å². The molecular weight excluding hydrogens is 582 g/mol. The first-order valence-electron chi connectivity index (χ1n) is 10.6. The topological polar surface area (TPSA) is 79.4 Å². The monoisotopic (exact) mass is 599 g/mol. The van der Waals surface area contributed by atoms with E-state index in [1.165, 1.54) is 4.31 Å². The summed E-state index contributed by atoms with van der Waals surface area (Å²) in [5.41, 5.74) is 3.78. The lowest BCUT2D eigenvalue weighted by atomic mass is 10.0. The molecule has 5 rings (SSSR count). The molecule has 0 spiro atoms. The molecule has 1 fully saturated rings. The minimum absolute atomic E-state index is 0.138. The lowest BCUT2D eigenvalue weighted by Gasteiger charge is -2.18. The third-order valence-electron chi connectivity index (χ3n) is 5.64. The summed E-state index contributed by atoms with van der Waals surface area (Å²) in [5, 5.41) is 3.63. The Balaban J connectivity index is 1.56. The van der Waals surface area contributed by atoms with E-state index in [9.17, 15) is 13.2 Å². The Morgan fingerprint density at radius 2 is 1.76 bits per heavy atom. The van der Waals surface area contributed by atoms with Gasteiger partial charge in [0, 0.05) is 32.1 Å². The van der Waals surface area contributed by atoms with E-state index in [1.807, 2.05) is 42.5 Å². The summed E-state index contributed by atoms with van der Waals surface area (Å²) in [6.07, 6.45) is 0.591. The maximum Gasteiger partial charge on any atom is 0.256 e. The Morgan fingerprint density at radius 1 is 0.971 bits per heavy atom. The van der Waals surface area contributed by atoms with Gasteiger partial charge >= 0.3 is 0 Å². The van der Waals surface area contributed by atoms with E-state index < -0.39 is 10.0 Å². The van der Waals surface area contributed by atoms with Gasteiger partial charge in [0.2, 0.25) is 10.0 Å². The van der Waals surface area contributed by atoms with Crippen LogP contribution < -0.4 is 9.62 Å². The average molecular weight is 601 g/mol. The highest BCUT2D eigenvalue weighted by atomic mass is 79.9. The third kappa shape index (κ3) is 4.47. The molecule has 1 N–H and O–H groups in total. The molecule has 0 bridgehead atoms. The fourth-order valence-corrected chi connectivity index (χ4v) is 6.93. The fourth-order valence-electron chi connectivity index (χ4n) is 4.06. The molecule has 0 atom stereocenters. The van der Waals surface area contributed by atoms with E-state index >= 15 is 0 Å². The van der Waals surface area contributed by atoms with Crippen molar-refractivity contribution in [3.05, 3.63) is 87.3 Å². The van der Waals surface area contributed by atoms with E-state index in [0.29, 0.717) is 46.5 Å². The van der Waals surface area contributed by atoms with Crippen LogP contribution in [0.5, 0.6) is 0 Å². The number of benzene rings is 3. The molecule has 6 nitrogen and oxygen atoms in total. The second-order valence-corrected chi connectivity index (χ2v) is 11.7.